The highest BCUT2D eigenvalue weighted by Crippen LogP contribution is 2.35. The van der Waals surface area contributed by atoms with Gasteiger partial charge in [-0.15, -0.1) is 0 Å². The minimum absolute atomic E-state index is 0.0261. The Hall–Kier alpha value is -2.93. The Morgan fingerprint density at radius 3 is 2.24 bits per heavy atom. The molecule has 1 heterocycles. The van der Waals surface area contributed by atoms with Crippen molar-refractivity contribution in [3.05, 3.63) is 69.8 Å². The van der Waals surface area contributed by atoms with Crippen LogP contribution in [0, 0.1) is 0 Å². The molecule has 29 heavy (non-hydrogen) atoms. The summed E-state index contributed by atoms with van der Waals surface area (Å²) in [4.78, 5) is 25.4. The highest BCUT2D eigenvalue weighted by Gasteiger charge is 2.32. The molecule has 0 bridgehead atoms. The van der Waals surface area contributed by atoms with E-state index in [1.54, 1.807) is 12.1 Å². The van der Waals surface area contributed by atoms with Crippen molar-refractivity contribution in [2.45, 2.75) is 19.8 Å². The lowest BCUT2D eigenvalue weighted by Gasteiger charge is -2.13. The molecule has 1 aromatic heterocycles. The molecule has 0 spiro atoms. The average Bonchev–Trinajstić information content (AvgIpc) is 3.13. The number of nitrogens with zero attached hydrogens (tertiary/aromatic N) is 2. The topological polar surface area (TPSA) is 70.4 Å². The lowest BCUT2D eigenvalue weighted by atomic mass is 9.93. The van der Waals surface area contributed by atoms with Crippen molar-refractivity contribution in [1.82, 2.24) is 9.78 Å². The summed E-state index contributed by atoms with van der Waals surface area (Å²) < 4.78 is 12.3. The molecule has 3 rings (SSSR count). The van der Waals surface area contributed by atoms with Gasteiger partial charge in [-0.2, -0.15) is 5.10 Å². The fourth-order valence-electron chi connectivity index (χ4n) is 3.17. The van der Waals surface area contributed by atoms with Crippen LogP contribution in [0.3, 0.4) is 0 Å². The molecule has 0 unspecified atom stereocenters. The number of hydrogen-bond donors (Lipinski definition) is 0. The number of carbonyl (C=O) groups is 2. The number of ether oxygens (including phenoxy) is 2. The minimum atomic E-state index is -0.670. The van der Waals surface area contributed by atoms with Crippen LogP contribution in [0.15, 0.2) is 53.0 Å². The van der Waals surface area contributed by atoms with E-state index in [4.69, 9.17) is 9.47 Å². The Morgan fingerprint density at radius 2 is 1.66 bits per heavy atom. The number of benzene rings is 2. The zero-order valence-corrected chi connectivity index (χ0v) is 18.2. The average molecular weight is 457 g/mol. The third-order valence-electron chi connectivity index (χ3n) is 4.55. The second kappa shape index (κ2) is 8.61. The normalized spacial score (nSPS) is 10.8. The number of halogens is 1. The molecule has 0 aliphatic heterocycles. The first kappa shape index (κ1) is 20.8. The van der Waals surface area contributed by atoms with Crippen LogP contribution >= 0.6 is 15.9 Å². The quantitative estimate of drug-likeness (QED) is 0.505. The van der Waals surface area contributed by atoms with E-state index in [0.717, 1.165) is 15.6 Å². The lowest BCUT2D eigenvalue weighted by molar-refractivity contribution is 0.0549. The summed E-state index contributed by atoms with van der Waals surface area (Å²) in [5.41, 5.74) is 2.84. The number of aromatic nitrogens is 2. The standard InChI is InChI=1S/C22H21BrN2O4/c1-13(2)17-12-14(23)10-11-16(17)19-18(21(26)28-3)20(22(27)29-4)25(24-19)15-8-6-5-7-9-15/h5-13H,1-4H3. The number of hydrogen-bond acceptors (Lipinski definition) is 5. The van der Waals surface area contributed by atoms with Crippen LogP contribution in [0.2, 0.25) is 0 Å². The Kier molecular flexibility index (Phi) is 6.17. The zero-order valence-electron chi connectivity index (χ0n) is 16.6. The van der Waals surface area contributed by atoms with Gasteiger partial charge in [0, 0.05) is 10.0 Å². The van der Waals surface area contributed by atoms with Gasteiger partial charge in [0.15, 0.2) is 5.69 Å². The van der Waals surface area contributed by atoms with Gasteiger partial charge < -0.3 is 9.47 Å². The van der Waals surface area contributed by atoms with Gasteiger partial charge in [-0.1, -0.05) is 54.0 Å². The monoisotopic (exact) mass is 456 g/mol. The van der Waals surface area contributed by atoms with Gasteiger partial charge in [0.25, 0.3) is 0 Å². The Balaban J connectivity index is 2.41. The first-order valence-corrected chi connectivity index (χ1v) is 9.83. The van der Waals surface area contributed by atoms with Crippen molar-refractivity contribution in [2.75, 3.05) is 14.2 Å². The summed E-state index contributed by atoms with van der Waals surface area (Å²) >= 11 is 3.50. The smallest absolute Gasteiger partial charge is 0.357 e. The maximum atomic E-state index is 12.7. The molecule has 3 aromatic rings. The van der Waals surface area contributed by atoms with Gasteiger partial charge in [0.1, 0.15) is 11.3 Å². The van der Waals surface area contributed by atoms with E-state index < -0.39 is 11.9 Å². The van der Waals surface area contributed by atoms with E-state index in [-0.39, 0.29) is 17.2 Å². The summed E-state index contributed by atoms with van der Waals surface area (Å²) in [5.74, 6) is -1.16. The molecular weight excluding hydrogens is 436 g/mol. The molecule has 6 nitrogen and oxygen atoms in total. The van der Waals surface area contributed by atoms with E-state index in [9.17, 15) is 9.59 Å². The molecule has 0 saturated heterocycles. The highest BCUT2D eigenvalue weighted by atomic mass is 79.9. The van der Waals surface area contributed by atoms with E-state index >= 15 is 0 Å². The van der Waals surface area contributed by atoms with Crippen molar-refractivity contribution in [2.24, 2.45) is 0 Å². The predicted molar refractivity (Wildman–Crippen MR) is 113 cm³/mol. The fourth-order valence-corrected chi connectivity index (χ4v) is 3.55. The molecule has 0 radical (unpaired) electrons. The molecule has 0 N–H and O–H groups in total. The Bertz CT molecular complexity index is 1060. The number of para-hydroxylation sites is 1. The van der Waals surface area contributed by atoms with Gasteiger partial charge in [0.2, 0.25) is 0 Å². The minimum Gasteiger partial charge on any atom is -0.465 e. The van der Waals surface area contributed by atoms with Crippen LogP contribution in [-0.2, 0) is 9.47 Å². The summed E-state index contributed by atoms with van der Waals surface area (Å²) in [6.45, 7) is 4.11. The Labute approximate surface area is 177 Å². The van der Waals surface area contributed by atoms with E-state index in [1.165, 1.54) is 18.9 Å². The molecule has 0 atom stereocenters. The summed E-state index contributed by atoms with van der Waals surface area (Å²) in [7, 11) is 2.54. The van der Waals surface area contributed by atoms with Crippen molar-refractivity contribution < 1.29 is 19.1 Å². The SMILES string of the molecule is COC(=O)c1c(-c2ccc(Br)cc2C(C)C)nn(-c2ccccc2)c1C(=O)OC. The van der Waals surface area contributed by atoms with E-state index in [2.05, 4.69) is 34.9 Å². The summed E-state index contributed by atoms with van der Waals surface area (Å²) in [6, 6.07) is 14.9. The first-order chi connectivity index (χ1) is 13.9. The van der Waals surface area contributed by atoms with Crippen molar-refractivity contribution in [3.8, 4) is 16.9 Å². The molecule has 0 fully saturated rings. The molecule has 2 aromatic carbocycles. The highest BCUT2D eigenvalue weighted by molar-refractivity contribution is 9.10. The van der Waals surface area contributed by atoms with Crippen LogP contribution in [-0.4, -0.2) is 35.9 Å². The molecule has 0 amide bonds. The number of methoxy groups -OCH3 is 2. The van der Waals surface area contributed by atoms with Crippen molar-refractivity contribution >= 4 is 27.9 Å². The van der Waals surface area contributed by atoms with Crippen LogP contribution in [0.25, 0.3) is 16.9 Å². The van der Waals surface area contributed by atoms with Crippen molar-refractivity contribution in [1.29, 1.82) is 0 Å². The molecular formula is C22H21BrN2O4. The zero-order chi connectivity index (χ0) is 21.1. The number of esters is 2. The Morgan fingerprint density at radius 1 is 1.00 bits per heavy atom. The molecule has 0 saturated carbocycles. The third-order valence-corrected chi connectivity index (χ3v) is 5.04. The molecule has 7 heteroatoms. The van der Waals surface area contributed by atoms with Gasteiger partial charge in [0.05, 0.1) is 19.9 Å². The van der Waals surface area contributed by atoms with Crippen LogP contribution in [0.1, 0.15) is 46.2 Å². The predicted octanol–water partition coefficient (Wildman–Crippen LogP) is 5.00. The summed E-state index contributed by atoms with van der Waals surface area (Å²) in [5, 5.41) is 4.66. The van der Waals surface area contributed by atoms with Crippen molar-refractivity contribution in [3.63, 3.8) is 0 Å². The second-order valence-electron chi connectivity index (χ2n) is 6.69. The lowest BCUT2D eigenvalue weighted by Crippen LogP contribution is -2.15. The van der Waals surface area contributed by atoms with Gasteiger partial charge in [-0.25, -0.2) is 14.3 Å². The van der Waals surface area contributed by atoms with E-state index in [0.29, 0.717) is 11.4 Å². The van der Waals surface area contributed by atoms with Gasteiger partial charge in [-0.05, 0) is 35.7 Å². The van der Waals surface area contributed by atoms with Crippen LogP contribution < -0.4 is 0 Å². The van der Waals surface area contributed by atoms with Crippen LogP contribution in [0.4, 0.5) is 0 Å². The number of carbonyl (C=O) groups excluding carboxylic acids is 2. The number of rotatable bonds is 5. The third kappa shape index (κ3) is 3.96. The van der Waals surface area contributed by atoms with Gasteiger partial charge >= 0.3 is 11.9 Å². The maximum absolute atomic E-state index is 12.7. The van der Waals surface area contributed by atoms with Crippen LogP contribution in [0.5, 0.6) is 0 Å². The fraction of sp³-hybridized carbons (Fsp3) is 0.227. The second-order valence-corrected chi connectivity index (χ2v) is 7.60. The first-order valence-electron chi connectivity index (χ1n) is 9.03. The summed E-state index contributed by atoms with van der Waals surface area (Å²) in [6.07, 6.45) is 0. The van der Waals surface area contributed by atoms with Gasteiger partial charge in [-0.3, -0.25) is 0 Å². The molecule has 150 valence electrons. The largest absolute Gasteiger partial charge is 0.465 e. The molecule has 0 aliphatic carbocycles. The van der Waals surface area contributed by atoms with E-state index in [1.807, 2.05) is 36.4 Å². The molecule has 0 aliphatic rings. The maximum Gasteiger partial charge on any atom is 0.357 e.